The number of ether oxygens (including phenoxy) is 2. The first-order valence-electron chi connectivity index (χ1n) is 9.57. The predicted molar refractivity (Wildman–Crippen MR) is 114 cm³/mol. The molecule has 2 amide bonds. The number of rotatable bonds is 7. The van der Waals surface area contributed by atoms with Crippen molar-refractivity contribution in [1.29, 1.82) is 0 Å². The van der Waals surface area contributed by atoms with Crippen LogP contribution < -0.4 is 20.3 Å². The molecule has 0 saturated carbocycles. The Hall–Kier alpha value is -3.80. The molecule has 3 rings (SSSR count). The summed E-state index contributed by atoms with van der Waals surface area (Å²) >= 11 is 0. The number of aryl methyl sites for hydroxylation is 2. The summed E-state index contributed by atoms with van der Waals surface area (Å²) < 4.78 is 11.1. The van der Waals surface area contributed by atoms with Crippen molar-refractivity contribution in [2.45, 2.75) is 20.5 Å². The van der Waals surface area contributed by atoms with Crippen molar-refractivity contribution >= 4 is 11.8 Å². The molecule has 0 aromatic heterocycles. The van der Waals surface area contributed by atoms with Gasteiger partial charge >= 0.3 is 0 Å². The van der Waals surface area contributed by atoms with E-state index in [9.17, 15) is 9.59 Å². The van der Waals surface area contributed by atoms with E-state index in [1.165, 1.54) is 0 Å². The van der Waals surface area contributed by atoms with Gasteiger partial charge in [-0.05, 0) is 66.9 Å². The van der Waals surface area contributed by atoms with Crippen molar-refractivity contribution in [3.8, 4) is 11.5 Å². The van der Waals surface area contributed by atoms with E-state index in [1.807, 2.05) is 56.3 Å². The van der Waals surface area contributed by atoms with E-state index in [0.717, 1.165) is 16.7 Å². The normalized spacial score (nSPS) is 10.2. The first-order valence-corrected chi connectivity index (χ1v) is 9.57. The minimum atomic E-state index is -0.454. The summed E-state index contributed by atoms with van der Waals surface area (Å²) in [5, 5.41) is 0. The second-order valence-corrected chi connectivity index (χ2v) is 6.84. The molecule has 6 heteroatoms. The maximum absolute atomic E-state index is 12.2. The van der Waals surface area contributed by atoms with E-state index < -0.39 is 11.8 Å². The van der Waals surface area contributed by atoms with E-state index >= 15 is 0 Å². The Morgan fingerprint density at radius 2 is 1.47 bits per heavy atom. The Labute approximate surface area is 175 Å². The van der Waals surface area contributed by atoms with Gasteiger partial charge in [0.1, 0.15) is 18.1 Å². The Balaban J connectivity index is 1.42. The molecule has 0 fully saturated rings. The molecule has 0 aliphatic rings. The highest BCUT2D eigenvalue weighted by Crippen LogP contribution is 2.16. The van der Waals surface area contributed by atoms with Crippen LogP contribution in [0.4, 0.5) is 0 Å². The summed E-state index contributed by atoms with van der Waals surface area (Å²) in [5.74, 6) is 0.375. The van der Waals surface area contributed by atoms with Gasteiger partial charge in [0.15, 0.2) is 6.61 Å². The van der Waals surface area contributed by atoms with Gasteiger partial charge in [0, 0.05) is 5.56 Å². The topological polar surface area (TPSA) is 76.7 Å². The second kappa shape index (κ2) is 10.1. The van der Waals surface area contributed by atoms with E-state index in [-0.39, 0.29) is 6.61 Å². The van der Waals surface area contributed by atoms with Gasteiger partial charge < -0.3 is 9.47 Å². The Kier molecular flexibility index (Phi) is 7.05. The number of carbonyl (C=O) groups is 2. The SMILES string of the molecule is Cc1ccc(OCC(=O)NNC(=O)c2ccc(OCc3ccccc3)cc2)cc1C. The molecular formula is C24H24N2O4. The summed E-state index contributed by atoms with van der Waals surface area (Å²) in [7, 11) is 0. The smallest absolute Gasteiger partial charge is 0.276 e. The zero-order valence-corrected chi connectivity index (χ0v) is 17.0. The summed E-state index contributed by atoms with van der Waals surface area (Å²) in [6, 6.07) is 22.1. The Bertz CT molecular complexity index is 1000. The Morgan fingerprint density at radius 3 is 2.17 bits per heavy atom. The van der Waals surface area contributed by atoms with Crippen LogP contribution in [0.2, 0.25) is 0 Å². The highest BCUT2D eigenvalue weighted by molar-refractivity contribution is 5.95. The molecule has 0 radical (unpaired) electrons. The molecule has 6 nitrogen and oxygen atoms in total. The fourth-order valence-electron chi connectivity index (χ4n) is 2.63. The lowest BCUT2D eigenvalue weighted by molar-refractivity contribution is -0.123. The van der Waals surface area contributed by atoms with Crippen LogP contribution in [0.25, 0.3) is 0 Å². The minimum absolute atomic E-state index is 0.199. The van der Waals surface area contributed by atoms with Crippen molar-refractivity contribution in [2.75, 3.05) is 6.61 Å². The van der Waals surface area contributed by atoms with Gasteiger partial charge in [-0.3, -0.25) is 20.4 Å². The molecule has 0 bridgehead atoms. The van der Waals surface area contributed by atoms with Crippen LogP contribution in [0.5, 0.6) is 11.5 Å². The third kappa shape index (κ3) is 6.10. The van der Waals surface area contributed by atoms with Crippen LogP contribution in [0.3, 0.4) is 0 Å². The highest BCUT2D eigenvalue weighted by Gasteiger charge is 2.09. The number of nitrogens with one attached hydrogen (secondary N) is 2. The van der Waals surface area contributed by atoms with E-state index in [4.69, 9.17) is 9.47 Å². The van der Waals surface area contributed by atoms with Crippen molar-refractivity contribution in [2.24, 2.45) is 0 Å². The molecule has 3 aromatic rings. The number of hydrogen-bond donors (Lipinski definition) is 2. The van der Waals surface area contributed by atoms with Gasteiger partial charge in [-0.2, -0.15) is 0 Å². The summed E-state index contributed by atoms with van der Waals surface area (Å²) in [6.45, 7) is 4.22. The molecule has 0 aliphatic carbocycles. The number of benzene rings is 3. The monoisotopic (exact) mass is 404 g/mol. The molecule has 3 aromatic carbocycles. The van der Waals surface area contributed by atoms with Gasteiger partial charge in [-0.25, -0.2) is 0 Å². The van der Waals surface area contributed by atoms with Gasteiger partial charge in [0.05, 0.1) is 0 Å². The van der Waals surface area contributed by atoms with Crippen LogP contribution in [-0.4, -0.2) is 18.4 Å². The average molecular weight is 404 g/mol. The third-order valence-corrected chi connectivity index (χ3v) is 4.53. The second-order valence-electron chi connectivity index (χ2n) is 6.84. The first kappa shape index (κ1) is 20.9. The molecule has 0 heterocycles. The summed E-state index contributed by atoms with van der Waals surface area (Å²) in [4.78, 5) is 24.1. The standard InChI is InChI=1S/C24H24N2O4/c1-17-8-11-22(14-18(17)2)30-16-23(27)25-26-24(28)20-9-12-21(13-10-20)29-15-19-6-4-3-5-7-19/h3-14H,15-16H2,1-2H3,(H,25,27)(H,26,28). The van der Waals surface area contributed by atoms with Gasteiger partial charge in [0.2, 0.25) is 0 Å². The lowest BCUT2D eigenvalue weighted by atomic mass is 10.1. The first-order chi connectivity index (χ1) is 14.5. The van der Waals surface area contributed by atoms with Gasteiger partial charge in [0.25, 0.3) is 11.8 Å². The maximum Gasteiger partial charge on any atom is 0.276 e. The quantitative estimate of drug-likeness (QED) is 0.589. The zero-order valence-electron chi connectivity index (χ0n) is 17.0. The maximum atomic E-state index is 12.2. The van der Waals surface area contributed by atoms with Crippen LogP contribution >= 0.6 is 0 Å². The number of hydrogen-bond acceptors (Lipinski definition) is 4. The molecule has 0 spiro atoms. The molecule has 0 saturated heterocycles. The lowest BCUT2D eigenvalue weighted by Gasteiger charge is -2.10. The van der Waals surface area contributed by atoms with Crippen molar-refractivity contribution < 1.29 is 19.1 Å². The molecular weight excluding hydrogens is 380 g/mol. The van der Waals surface area contributed by atoms with Gasteiger partial charge in [-0.15, -0.1) is 0 Å². The van der Waals surface area contributed by atoms with Crippen molar-refractivity contribution in [1.82, 2.24) is 10.9 Å². The van der Waals surface area contributed by atoms with Gasteiger partial charge in [-0.1, -0.05) is 36.4 Å². The van der Waals surface area contributed by atoms with Crippen molar-refractivity contribution in [3.63, 3.8) is 0 Å². The van der Waals surface area contributed by atoms with E-state index in [1.54, 1.807) is 30.3 Å². The molecule has 0 unspecified atom stereocenters. The molecule has 0 aliphatic heterocycles. The Morgan fingerprint density at radius 1 is 0.767 bits per heavy atom. The summed E-state index contributed by atoms with van der Waals surface area (Å²) in [6.07, 6.45) is 0. The molecule has 154 valence electrons. The molecule has 2 N–H and O–H groups in total. The van der Waals surface area contributed by atoms with Crippen LogP contribution in [0.15, 0.2) is 72.8 Å². The van der Waals surface area contributed by atoms with Crippen LogP contribution in [-0.2, 0) is 11.4 Å². The number of carbonyl (C=O) groups excluding carboxylic acids is 2. The highest BCUT2D eigenvalue weighted by atomic mass is 16.5. The number of hydrazine groups is 1. The lowest BCUT2D eigenvalue weighted by Crippen LogP contribution is -2.43. The van der Waals surface area contributed by atoms with E-state index in [2.05, 4.69) is 10.9 Å². The number of amides is 2. The predicted octanol–water partition coefficient (Wildman–Crippen LogP) is 3.72. The molecule has 30 heavy (non-hydrogen) atoms. The fourth-order valence-corrected chi connectivity index (χ4v) is 2.63. The third-order valence-electron chi connectivity index (χ3n) is 4.53. The summed E-state index contributed by atoms with van der Waals surface area (Å²) in [5.41, 5.74) is 8.41. The van der Waals surface area contributed by atoms with Crippen LogP contribution in [0, 0.1) is 13.8 Å². The van der Waals surface area contributed by atoms with Crippen molar-refractivity contribution in [3.05, 3.63) is 95.1 Å². The fraction of sp³-hybridized carbons (Fsp3) is 0.167. The molecule has 0 atom stereocenters. The van der Waals surface area contributed by atoms with Crippen LogP contribution in [0.1, 0.15) is 27.0 Å². The zero-order chi connectivity index (χ0) is 21.3. The largest absolute Gasteiger partial charge is 0.489 e. The average Bonchev–Trinajstić information content (AvgIpc) is 2.78. The minimum Gasteiger partial charge on any atom is -0.489 e. The van der Waals surface area contributed by atoms with E-state index in [0.29, 0.717) is 23.7 Å².